The lowest BCUT2D eigenvalue weighted by molar-refractivity contribution is -0.384. The fraction of sp³-hybridized carbons (Fsp3) is 0.455. The molecular formula is C11H16N2O4. The van der Waals surface area contributed by atoms with Crippen LogP contribution in [0.25, 0.3) is 0 Å². The first kappa shape index (κ1) is 13.4. The van der Waals surface area contributed by atoms with Crippen LogP contribution in [-0.4, -0.2) is 32.0 Å². The molecule has 94 valence electrons. The summed E-state index contributed by atoms with van der Waals surface area (Å²) in [5.41, 5.74) is 1.36. The Kier molecular flexibility index (Phi) is 4.86. The zero-order chi connectivity index (χ0) is 12.8. The van der Waals surface area contributed by atoms with Gasteiger partial charge in [-0.2, -0.15) is 0 Å². The van der Waals surface area contributed by atoms with E-state index in [-0.39, 0.29) is 5.69 Å². The lowest BCUT2D eigenvalue weighted by Gasteiger charge is -2.16. The van der Waals surface area contributed by atoms with E-state index in [0.717, 1.165) is 5.56 Å². The van der Waals surface area contributed by atoms with Crippen molar-refractivity contribution in [2.45, 2.75) is 13.2 Å². The molecule has 0 spiro atoms. The molecule has 1 aromatic rings. The van der Waals surface area contributed by atoms with Crippen molar-refractivity contribution in [3.63, 3.8) is 0 Å². The maximum atomic E-state index is 10.9. The number of rotatable bonds is 6. The van der Waals surface area contributed by atoms with Gasteiger partial charge in [0, 0.05) is 20.3 Å². The summed E-state index contributed by atoms with van der Waals surface area (Å²) in [6.45, 7) is 2.16. The van der Waals surface area contributed by atoms with E-state index < -0.39 is 11.2 Å². The van der Waals surface area contributed by atoms with Gasteiger partial charge in [0.05, 0.1) is 11.5 Å². The minimum atomic E-state index is -0.436. The number of nitrogens with one attached hydrogen (secondary N) is 1. The van der Waals surface area contributed by atoms with Gasteiger partial charge in [-0.15, -0.1) is 0 Å². The summed E-state index contributed by atoms with van der Waals surface area (Å²) in [6.07, 6.45) is -0.436. The zero-order valence-corrected chi connectivity index (χ0v) is 10.1. The molecule has 0 aliphatic carbocycles. The van der Waals surface area contributed by atoms with Crippen LogP contribution in [-0.2, 0) is 9.47 Å². The monoisotopic (exact) mass is 240 g/mol. The van der Waals surface area contributed by atoms with E-state index in [1.54, 1.807) is 6.07 Å². The molecule has 0 radical (unpaired) electrons. The van der Waals surface area contributed by atoms with E-state index in [2.05, 4.69) is 5.32 Å². The second kappa shape index (κ2) is 6.17. The van der Waals surface area contributed by atoms with Gasteiger partial charge in [0.1, 0.15) is 5.69 Å². The molecule has 0 saturated heterocycles. The molecular weight excluding hydrogens is 224 g/mol. The first-order valence-electron chi connectivity index (χ1n) is 5.13. The quantitative estimate of drug-likeness (QED) is 0.467. The van der Waals surface area contributed by atoms with Crippen LogP contribution in [0, 0.1) is 17.0 Å². The minimum Gasteiger partial charge on any atom is -0.374 e. The van der Waals surface area contributed by atoms with E-state index >= 15 is 0 Å². The van der Waals surface area contributed by atoms with Gasteiger partial charge in [-0.05, 0) is 12.5 Å². The molecule has 0 aliphatic rings. The average Bonchev–Trinajstić information content (AvgIpc) is 2.31. The largest absolute Gasteiger partial charge is 0.374 e. The first-order valence-corrected chi connectivity index (χ1v) is 5.13. The number of nitro benzene ring substituents is 1. The number of nitrogens with zero attached hydrogens (tertiary/aromatic N) is 1. The fourth-order valence-corrected chi connectivity index (χ4v) is 1.48. The molecule has 0 atom stereocenters. The number of benzene rings is 1. The highest BCUT2D eigenvalue weighted by Gasteiger charge is 2.16. The highest BCUT2D eigenvalue weighted by atomic mass is 16.7. The van der Waals surface area contributed by atoms with Crippen LogP contribution in [0.4, 0.5) is 11.4 Å². The van der Waals surface area contributed by atoms with Crippen molar-refractivity contribution in [1.82, 2.24) is 0 Å². The van der Waals surface area contributed by atoms with Gasteiger partial charge < -0.3 is 14.8 Å². The third-order valence-corrected chi connectivity index (χ3v) is 2.42. The summed E-state index contributed by atoms with van der Waals surface area (Å²) in [4.78, 5) is 10.4. The second-order valence-electron chi connectivity index (χ2n) is 3.51. The summed E-state index contributed by atoms with van der Waals surface area (Å²) in [7, 11) is 3.03. The van der Waals surface area contributed by atoms with Gasteiger partial charge >= 0.3 is 0 Å². The Morgan fingerprint density at radius 1 is 1.41 bits per heavy atom. The number of nitro groups is 1. The van der Waals surface area contributed by atoms with Crippen LogP contribution in [0.1, 0.15) is 5.56 Å². The Bertz CT molecular complexity index is 391. The molecule has 0 saturated carbocycles. The summed E-state index contributed by atoms with van der Waals surface area (Å²) in [6, 6.07) is 4.93. The Morgan fingerprint density at radius 2 is 2.06 bits per heavy atom. The highest BCUT2D eigenvalue weighted by Crippen LogP contribution is 2.27. The van der Waals surface area contributed by atoms with Crippen molar-refractivity contribution in [2.24, 2.45) is 0 Å². The van der Waals surface area contributed by atoms with Crippen molar-refractivity contribution >= 4 is 11.4 Å². The van der Waals surface area contributed by atoms with Crippen LogP contribution in [0.5, 0.6) is 0 Å². The van der Waals surface area contributed by atoms with Crippen molar-refractivity contribution in [2.75, 3.05) is 26.1 Å². The summed E-state index contributed by atoms with van der Waals surface area (Å²) in [5, 5.41) is 13.8. The predicted molar refractivity (Wildman–Crippen MR) is 64.1 cm³/mol. The fourth-order valence-electron chi connectivity index (χ4n) is 1.48. The Labute approximate surface area is 99.7 Å². The smallest absolute Gasteiger partial charge is 0.292 e. The molecule has 0 fully saturated rings. The second-order valence-corrected chi connectivity index (χ2v) is 3.51. The lowest BCUT2D eigenvalue weighted by atomic mass is 10.1. The maximum absolute atomic E-state index is 10.9. The topological polar surface area (TPSA) is 73.6 Å². The molecule has 0 aromatic heterocycles. The standard InChI is InChI=1S/C11H16N2O4/c1-8-5-4-6-9(13(14)15)11(8)12-7-10(16-2)17-3/h4-6,10,12H,7H2,1-3H3. The number of methoxy groups -OCH3 is 2. The van der Waals surface area contributed by atoms with E-state index in [1.807, 2.05) is 13.0 Å². The van der Waals surface area contributed by atoms with Crippen molar-refractivity contribution in [3.8, 4) is 0 Å². The molecule has 0 bridgehead atoms. The summed E-state index contributed by atoms with van der Waals surface area (Å²) in [5.74, 6) is 0. The Hall–Kier alpha value is -1.66. The normalized spacial score (nSPS) is 10.6. The van der Waals surface area contributed by atoms with E-state index in [0.29, 0.717) is 12.2 Å². The van der Waals surface area contributed by atoms with Crippen molar-refractivity contribution in [1.29, 1.82) is 0 Å². The maximum Gasteiger partial charge on any atom is 0.292 e. The lowest BCUT2D eigenvalue weighted by Crippen LogP contribution is -2.24. The molecule has 17 heavy (non-hydrogen) atoms. The van der Waals surface area contributed by atoms with E-state index in [9.17, 15) is 10.1 Å². The zero-order valence-electron chi connectivity index (χ0n) is 10.1. The van der Waals surface area contributed by atoms with Crippen LogP contribution >= 0.6 is 0 Å². The molecule has 0 unspecified atom stereocenters. The number of para-hydroxylation sites is 1. The van der Waals surface area contributed by atoms with Gasteiger partial charge in [-0.3, -0.25) is 10.1 Å². The Balaban J connectivity index is 2.85. The van der Waals surface area contributed by atoms with Gasteiger partial charge in [-0.1, -0.05) is 12.1 Å². The van der Waals surface area contributed by atoms with Gasteiger partial charge in [0.2, 0.25) is 0 Å². The van der Waals surface area contributed by atoms with Crippen LogP contribution in [0.2, 0.25) is 0 Å². The molecule has 0 heterocycles. The Morgan fingerprint density at radius 3 is 2.59 bits per heavy atom. The first-order chi connectivity index (χ1) is 8.10. The molecule has 0 aliphatic heterocycles. The van der Waals surface area contributed by atoms with Gasteiger partial charge in [0.15, 0.2) is 6.29 Å². The average molecular weight is 240 g/mol. The van der Waals surface area contributed by atoms with Gasteiger partial charge in [-0.25, -0.2) is 0 Å². The SMILES string of the molecule is COC(CNc1c(C)cccc1[N+](=O)[O-])OC. The molecule has 6 nitrogen and oxygen atoms in total. The third kappa shape index (κ3) is 3.40. The molecule has 0 amide bonds. The van der Waals surface area contributed by atoms with Gasteiger partial charge in [0.25, 0.3) is 5.69 Å². The van der Waals surface area contributed by atoms with E-state index in [4.69, 9.17) is 9.47 Å². The van der Waals surface area contributed by atoms with Crippen molar-refractivity contribution < 1.29 is 14.4 Å². The summed E-state index contributed by atoms with van der Waals surface area (Å²) < 4.78 is 10.0. The molecule has 1 N–H and O–H groups in total. The number of hydrogen-bond acceptors (Lipinski definition) is 5. The number of aryl methyl sites for hydroxylation is 1. The highest BCUT2D eigenvalue weighted by molar-refractivity contribution is 5.65. The van der Waals surface area contributed by atoms with Crippen LogP contribution in [0.3, 0.4) is 0 Å². The predicted octanol–water partition coefficient (Wildman–Crippen LogP) is 1.93. The number of anilines is 1. The summed E-state index contributed by atoms with van der Waals surface area (Å²) >= 11 is 0. The number of ether oxygens (including phenoxy) is 2. The number of hydrogen-bond donors (Lipinski definition) is 1. The van der Waals surface area contributed by atoms with Crippen LogP contribution < -0.4 is 5.32 Å². The molecule has 1 rings (SSSR count). The third-order valence-electron chi connectivity index (χ3n) is 2.42. The van der Waals surface area contributed by atoms with Crippen molar-refractivity contribution in [3.05, 3.63) is 33.9 Å². The van der Waals surface area contributed by atoms with Crippen LogP contribution in [0.15, 0.2) is 18.2 Å². The van der Waals surface area contributed by atoms with E-state index in [1.165, 1.54) is 20.3 Å². The molecule has 1 aromatic carbocycles. The molecule has 6 heteroatoms. The minimum absolute atomic E-state index is 0.0518.